The second kappa shape index (κ2) is 7.69. The van der Waals surface area contributed by atoms with Crippen LogP contribution in [0, 0.1) is 0 Å². The van der Waals surface area contributed by atoms with Crippen LogP contribution >= 0.6 is 15.9 Å². The Morgan fingerprint density at radius 1 is 1.38 bits per heavy atom. The van der Waals surface area contributed by atoms with Crippen LogP contribution in [0.4, 0.5) is 0 Å². The smallest absolute Gasteiger partial charge is 0.303 e. The van der Waals surface area contributed by atoms with Gasteiger partial charge in [0.2, 0.25) is 0 Å². The molecule has 0 aliphatic heterocycles. The van der Waals surface area contributed by atoms with Crippen LogP contribution in [-0.2, 0) is 11.2 Å². The second-order valence-electron chi connectivity index (χ2n) is 5.37. The van der Waals surface area contributed by atoms with Crippen LogP contribution in [0.2, 0.25) is 0 Å². The molecule has 2 rings (SSSR count). The van der Waals surface area contributed by atoms with E-state index in [4.69, 9.17) is 14.6 Å². The van der Waals surface area contributed by atoms with Crippen LogP contribution in [0.5, 0.6) is 11.5 Å². The molecule has 21 heavy (non-hydrogen) atoms. The molecule has 1 aliphatic rings. The standard InChI is InChI=1S/C16H21BrO4/c1-20-14-10-12(17)9-11(5-4-8-15(18)19)16(14)21-13-6-2-3-7-13/h9-10,13H,2-8H2,1H3,(H,18,19). The fourth-order valence-electron chi connectivity index (χ4n) is 2.70. The summed E-state index contributed by atoms with van der Waals surface area (Å²) in [6, 6.07) is 3.89. The van der Waals surface area contributed by atoms with Crippen molar-refractivity contribution in [3.63, 3.8) is 0 Å². The number of ether oxygens (including phenoxy) is 2. The number of hydrogen-bond acceptors (Lipinski definition) is 3. The molecule has 0 saturated heterocycles. The molecule has 4 nitrogen and oxygen atoms in total. The Bertz CT molecular complexity index is 495. The van der Waals surface area contributed by atoms with E-state index in [2.05, 4.69) is 15.9 Å². The van der Waals surface area contributed by atoms with Crippen molar-refractivity contribution in [3.05, 3.63) is 22.2 Å². The molecule has 1 aliphatic carbocycles. The SMILES string of the molecule is COc1cc(Br)cc(CCCC(=O)O)c1OC1CCCC1. The van der Waals surface area contributed by atoms with Crippen LogP contribution in [0.1, 0.15) is 44.1 Å². The molecule has 0 aromatic heterocycles. The van der Waals surface area contributed by atoms with Crippen molar-refractivity contribution in [2.24, 2.45) is 0 Å². The van der Waals surface area contributed by atoms with Gasteiger partial charge in [-0.1, -0.05) is 15.9 Å². The minimum Gasteiger partial charge on any atom is -0.493 e. The second-order valence-corrected chi connectivity index (χ2v) is 6.28. The lowest BCUT2D eigenvalue weighted by Gasteiger charge is -2.19. The molecule has 1 fully saturated rings. The third-order valence-corrected chi connectivity index (χ3v) is 4.20. The molecule has 0 radical (unpaired) electrons. The highest BCUT2D eigenvalue weighted by atomic mass is 79.9. The minimum absolute atomic E-state index is 0.164. The number of halogens is 1. The maximum absolute atomic E-state index is 10.7. The number of aliphatic carboxylic acids is 1. The minimum atomic E-state index is -0.768. The zero-order chi connectivity index (χ0) is 15.2. The average molecular weight is 357 g/mol. The van der Waals surface area contributed by atoms with Gasteiger partial charge < -0.3 is 14.6 Å². The first-order valence-corrected chi connectivity index (χ1v) is 8.14. The molecular formula is C16H21BrO4. The summed E-state index contributed by atoms with van der Waals surface area (Å²) in [7, 11) is 1.63. The Kier molecular flexibility index (Phi) is 5.91. The summed E-state index contributed by atoms with van der Waals surface area (Å²) < 4.78 is 12.5. The monoisotopic (exact) mass is 356 g/mol. The average Bonchev–Trinajstić information content (AvgIpc) is 2.93. The maximum Gasteiger partial charge on any atom is 0.303 e. The highest BCUT2D eigenvalue weighted by molar-refractivity contribution is 9.10. The number of hydrogen-bond donors (Lipinski definition) is 1. The van der Waals surface area contributed by atoms with E-state index in [1.165, 1.54) is 12.8 Å². The molecule has 0 amide bonds. The van der Waals surface area contributed by atoms with Gasteiger partial charge in [-0.3, -0.25) is 4.79 Å². The fourth-order valence-corrected chi connectivity index (χ4v) is 3.18. The zero-order valence-corrected chi connectivity index (χ0v) is 13.8. The van der Waals surface area contributed by atoms with E-state index in [0.717, 1.165) is 28.6 Å². The van der Waals surface area contributed by atoms with Crippen molar-refractivity contribution in [1.82, 2.24) is 0 Å². The van der Waals surface area contributed by atoms with Gasteiger partial charge in [0.1, 0.15) is 0 Å². The summed E-state index contributed by atoms with van der Waals surface area (Å²) in [6.07, 6.45) is 6.24. The molecule has 0 spiro atoms. The fraction of sp³-hybridized carbons (Fsp3) is 0.562. The van der Waals surface area contributed by atoms with Crippen molar-refractivity contribution in [2.75, 3.05) is 7.11 Å². The van der Waals surface area contributed by atoms with Crippen LogP contribution in [-0.4, -0.2) is 24.3 Å². The number of benzene rings is 1. The number of carbonyl (C=O) groups is 1. The van der Waals surface area contributed by atoms with E-state index in [-0.39, 0.29) is 12.5 Å². The Labute approximate surface area is 133 Å². The summed E-state index contributed by atoms with van der Waals surface area (Å²) in [6.45, 7) is 0. The summed E-state index contributed by atoms with van der Waals surface area (Å²) in [5.41, 5.74) is 1.01. The van der Waals surface area contributed by atoms with Gasteiger partial charge in [-0.15, -0.1) is 0 Å². The van der Waals surface area contributed by atoms with Gasteiger partial charge in [0.25, 0.3) is 0 Å². The zero-order valence-electron chi connectivity index (χ0n) is 12.2. The summed E-state index contributed by atoms with van der Waals surface area (Å²) in [5.74, 6) is 0.717. The van der Waals surface area contributed by atoms with Crippen molar-refractivity contribution < 1.29 is 19.4 Å². The lowest BCUT2D eigenvalue weighted by molar-refractivity contribution is -0.137. The van der Waals surface area contributed by atoms with Gasteiger partial charge >= 0.3 is 5.97 Å². The Balaban J connectivity index is 2.18. The number of methoxy groups -OCH3 is 1. The number of aryl methyl sites for hydroxylation is 1. The van der Waals surface area contributed by atoms with Crippen molar-refractivity contribution in [2.45, 2.75) is 51.0 Å². The maximum atomic E-state index is 10.7. The summed E-state index contributed by atoms with van der Waals surface area (Å²) >= 11 is 3.47. The highest BCUT2D eigenvalue weighted by Crippen LogP contribution is 2.38. The first kappa shape index (κ1) is 16.1. The Morgan fingerprint density at radius 2 is 2.10 bits per heavy atom. The van der Waals surface area contributed by atoms with Crippen LogP contribution in [0.25, 0.3) is 0 Å². The summed E-state index contributed by atoms with van der Waals surface area (Å²) in [5, 5.41) is 8.78. The first-order chi connectivity index (χ1) is 10.1. The van der Waals surface area contributed by atoms with Crippen molar-refractivity contribution in [3.8, 4) is 11.5 Å². The van der Waals surface area contributed by atoms with E-state index in [1.807, 2.05) is 12.1 Å². The number of carboxylic acid groups (broad SMARTS) is 1. The van der Waals surface area contributed by atoms with E-state index >= 15 is 0 Å². The third-order valence-electron chi connectivity index (χ3n) is 3.74. The Morgan fingerprint density at radius 3 is 2.71 bits per heavy atom. The third kappa shape index (κ3) is 4.63. The van der Waals surface area contributed by atoms with Gasteiger partial charge in [0, 0.05) is 10.9 Å². The lowest BCUT2D eigenvalue weighted by atomic mass is 10.1. The van der Waals surface area contributed by atoms with Gasteiger partial charge in [-0.25, -0.2) is 0 Å². The Hall–Kier alpha value is -1.23. The number of carboxylic acids is 1. The molecule has 0 unspecified atom stereocenters. The molecule has 0 bridgehead atoms. The predicted molar refractivity (Wildman–Crippen MR) is 84.2 cm³/mol. The molecule has 0 heterocycles. The van der Waals surface area contributed by atoms with Crippen LogP contribution in [0.3, 0.4) is 0 Å². The summed E-state index contributed by atoms with van der Waals surface area (Å²) in [4.78, 5) is 10.7. The quantitative estimate of drug-likeness (QED) is 0.795. The van der Waals surface area contributed by atoms with Crippen LogP contribution in [0.15, 0.2) is 16.6 Å². The largest absolute Gasteiger partial charge is 0.493 e. The van der Waals surface area contributed by atoms with E-state index in [1.54, 1.807) is 7.11 Å². The van der Waals surface area contributed by atoms with Crippen molar-refractivity contribution in [1.29, 1.82) is 0 Å². The molecule has 1 saturated carbocycles. The molecule has 5 heteroatoms. The molecule has 116 valence electrons. The first-order valence-electron chi connectivity index (χ1n) is 7.35. The molecule has 1 N–H and O–H groups in total. The van der Waals surface area contributed by atoms with Crippen LogP contribution < -0.4 is 9.47 Å². The lowest BCUT2D eigenvalue weighted by Crippen LogP contribution is -2.13. The molecule has 1 aromatic carbocycles. The van der Waals surface area contributed by atoms with Gasteiger partial charge in [-0.2, -0.15) is 0 Å². The molecular weight excluding hydrogens is 336 g/mol. The van der Waals surface area contributed by atoms with E-state index < -0.39 is 5.97 Å². The topological polar surface area (TPSA) is 55.8 Å². The normalized spacial score (nSPS) is 15.1. The highest BCUT2D eigenvalue weighted by Gasteiger charge is 2.21. The van der Waals surface area contributed by atoms with Gasteiger partial charge in [-0.05, 0) is 56.2 Å². The van der Waals surface area contributed by atoms with E-state index in [9.17, 15) is 4.79 Å². The molecule has 0 atom stereocenters. The van der Waals surface area contributed by atoms with Gasteiger partial charge in [0.05, 0.1) is 13.2 Å². The molecule has 1 aromatic rings. The van der Waals surface area contributed by atoms with Gasteiger partial charge in [0.15, 0.2) is 11.5 Å². The predicted octanol–water partition coefficient (Wildman–Crippen LogP) is 4.19. The van der Waals surface area contributed by atoms with E-state index in [0.29, 0.717) is 18.6 Å². The number of rotatable bonds is 7. The van der Waals surface area contributed by atoms with Crippen molar-refractivity contribution >= 4 is 21.9 Å².